The maximum atomic E-state index is 11.4. The van der Waals surface area contributed by atoms with Crippen LogP contribution in [-0.2, 0) is 14.3 Å². The van der Waals surface area contributed by atoms with Gasteiger partial charge in [-0.2, -0.15) is 0 Å². The van der Waals surface area contributed by atoms with Crippen LogP contribution < -0.4 is 0 Å². The largest absolute Gasteiger partial charge is 0.481 e. The molecule has 0 bridgehead atoms. The van der Waals surface area contributed by atoms with Gasteiger partial charge in [0.15, 0.2) is 5.78 Å². The summed E-state index contributed by atoms with van der Waals surface area (Å²) >= 11 is 0. The molecule has 0 aliphatic heterocycles. The minimum atomic E-state index is -0.821. The van der Waals surface area contributed by atoms with Crippen molar-refractivity contribution in [2.45, 2.75) is 38.7 Å². The Labute approximate surface area is 89.9 Å². The van der Waals surface area contributed by atoms with E-state index in [9.17, 15) is 9.59 Å². The summed E-state index contributed by atoms with van der Waals surface area (Å²) in [5, 5.41) is 8.38. The molecule has 15 heavy (non-hydrogen) atoms. The van der Waals surface area contributed by atoms with Crippen LogP contribution in [0.4, 0.5) is 0 Å². The van der Waals surface area contributed by atoms with Gasteiger partial charge >= 0.3 is 5.97 Å². The molecule has 1 unspecified atom stereocenters. The molecule has 0 amide bonds. The van der Waals surface area contributed by atoms with E-state index in [1.807, 2.05) is 0 Å². The van der Waals surface area contributed by atoms with Gasteiger partial charge < -0.3 is 9.84 Å². The van der Waals surface area contributed by atoms with Crippen LogP contribution in [0.1, 0.15) is 32.6 Å². The number of carbonyl (C=O) groups excluding carboxylic acids is 1. The molecular weight excluding hydrogens is 196 g/mol. The van der Waals surface area contributed by atoms with Crippen molar-refractivity contribution in [2.24, 2.45) is 0 Å². The van der Waals surface area contributed by atoms with Crippen molar-refractivity contribution in [3.05, 3.63) is 12.7 Å². The molecule has 0 aliphatic rings. The van der Waals surface area contributed by atoms with Crippen molar-refractivity contribution < 1.29 is 19.4 Å². The molecule has 0 heterocycles. The first-order chi connectivity index (χ1) is 7.07. The quantitative estimate of drug-likeness (QED) is 0.469. The molecule has 0 fully saturated rings. The number of Topliss-reactive ketones (excluding diaryl/α,β-unsaturated/α-hetero) is 1. The average Bonchev–Trinajstić information content (AvgIpc) is 2.20. The molecule has 4 heteroatoms. The van der Waals surface area contributed by atoms with Crippen LogP contribution in [0.3, 0.4) is 0 Å². The van der Waals surface area contributed by atoms with Gasteiger partial charge in [0.05, 0.1) is 6.61 Å². The number of hydrogen-bond donors (Lipinski definition) is 1. The molecule has 0 aromatic carbocycles. The molecule has 0 saturated heterocycles. The van der Waals surface area contributed by atoms with Crippen LogP contribution in [0.5, 0.6) is 0 Å². The fraction of sp³-hybridized carbons (Fsp3) is 0.636. The van der Waals surface area contributed by atoms with Gasteiger partial charge in [-0.3, -0.25) is 9.59 Å². The second-order valence-corrected chi connectivity index (χ2v) is 3.33. The predicted octanol–water partition coefficient (Wildman–Crippen LogP) is 1.79. The average molecular weight is 214 g/mol. The lowest BCUT2D eigenvalue weighted by molar-refractivity contribution is -0.137. The molecule has 0 spiro atoms. The maximum Gasteiger partial charge on any atom is 0.303 e. The molecule has 1 N–H and O–H groups in total. The standard InChI is InChI=1S/C11H18O4/c1-3-8-15-9(2)10(12)6-4-5-7-11(13)14/h3,9H,1,4-8H2,2H3,(H,13,14). The summed E-state index contributed by atoms with van der Waals surface area (Å²) < 4.78 is 5.15. The first kappa shape index (κ1) is 13.8. The number of carbonyl (C=O) groups is 2. The van der Waals surface area contributed by atoms with Crippen molar-refractivity contribution in [1.82, 2.24) is 0 Å². The minimum Gasteiger partial charge on any atom is -0.481 e. The van der Waals surface area contributed by atoms with Crippen LogP contribution in [0.15, 0.2) is 12.7 Å². The number of ether oxygens (including phenoxy) is 1. The van der Waals surface area contributed by atoms with E-state index in [0.717, 1.165) is 0 Å². The van der Waals surface area contributed by atoms with Crippen LogP contribution in [-0.4, -0.2) is 29.6 Å². The van der Waals surface area contributed by atoms with E-state index in [4.69, 9.17) is 9.84 Å². The molecule has 0 rings (SSSR count). The zero-order valence-corrected chi connectivity index (χ0v) is 9.07. The Bertz CT molecular complexity index is 223. The zero-order chi connectivity index (χ0) is 11.7. The lowest BCUT2D eigenvalue weighted by Gasteiger charge is -2.09. The first-order valence-corrected chi connectivity index (χ1v) is 5.05. The van der Waals surface area contributed by atoms with E-state index < -0.39 is 12.1 Å². The van der Waals surface area contributed by atoms with Gasteiger partial charge in [-0.15, -0.1) is 6.58 Å². The van der Waals surface area contributed by atoms with Gasteiger partial charge in [0.1, 0.15) is 6.10 Å². The fourth-order valence-electron chi connectivity index (χ4n) is 1.08. The van der Waals surface area contributed by atoms with Gasteiger partial charge in [-0.1, -0.05) is 6.08 Å². The van der Waals surface area contributed by atoms with E-state index in [0.29, 0.717) is 25.9 Å². The van der Waals surface area contributed by atoms with Crippen molar-refractivity contribution in [3.8, 4) is 0 Å². The Hall–Kier alpha value is -1.16. The number of carboxylic acid groups (broad SMARTS) is 1. The van der Waals surface area contributed by atoms with Crippen LogP contribution in [0.25, 0.3) is 0 Å². The summed E-state index contributed by atoms with van der Waals surface area (Å²) in [5.41, 5.74) is 0. The Kier molecular flexibility index (Phi) is 7.54. The summed E-state index contributed by atoms with van der Waals surface area (Å²) in [7, 11) is 0. The van der Waals surface area contributed by atoms with Gasteiger partial charge in [-0.25, -0.2) is 0 Å². The van der Waals surface area contributed by atoms with E-state index in [1.54, 1.807) is 13.0 Å². The van der Waals surface area contributed by atoms with Crippen LogP contribution in [0.2, 0.25) is 0 Å². The van der Waals surface area contributed by atoms with Gasteiger partial charge in [-0.05, 0) is 19.8 Å². The predicted molar refractivity (Wildman–Crippen MR) is 56.7 cm³/mol. The second-order valence-electron chi connectivity index (χ2n) is 3.33. The van der Waals surface area contributed by atoms with Gasteiger partial charge in [0.2, 0.25) is 0 Å². The van der Waals surface area contributed by atoms with Crippen LogP contribution >= 0.6 is 0 Å². The van der Waals surface area contributed by atoms with E-state index in [1.165, 1.54) is 0 Å². The molecular formula is C11H18O4. The summed E-state index contributed by atoms with van der Waals surface area (Å²) in [6.07, 6.45) is 2.81. The smallest absolute Gasteiger partial charge is 0.303 e. The fourth-order valence-corrected chi connectivity index (χ4v) is 1.08. The highest BCUT2D eigenvalue weighted by molar-refractivity contribution is 5.82. The zero-order valence-electron chi connectivity index (χ0n) is 9.07. The SMILES string of the molecule is C=CCOC(C)C(=O)CCCCC(=O)O. The highest BCUT2D eigenvalue weighted by atomic mass is 16.5. The third kappa shape index (κ3) is 7.88. The number of carboxylic acids is 1. The Morgan fingerprint density at radius 1 is 1.40 bits per heavy atom. The molecule has 1 atom stereocenters. The Balaban J connectivity index is 3.55. The summed E-state index contributed by atoms with van der Waals surface area (Å²) in [5.74, 6) is -0.805. The van der Waals surface area contributed by atoms with Crippen molar-refractivity contribution in [2.75, 3.05) is 6.61 Å². The van der Waals surface area contributed by atoms with E-state index >= 15 is 0 Å². The maximum absolute atomic E-state index is 11.4. The monoisotopic (exact) mass is 214 g/mol. The molecule has 86 valence electrons. The van der Waals surface area contributed by atoms with E-state index in [-0.39, 0.29) is 12.2 Å². The van der Waals surface area contributed by atoms with E-state index in [2.05, 4.69) is 6.58 Å². The molecule has 0 aliphatic carbocycles. The number of rotatable bonds is 9. The van der Waals surface area contributed by atoms with Gasteiger partial charge in [0, 0.05) is 12.8 Å². The molecule has 0 radical (unpaired) electrons. The number of hydrogen-bond acceptors (Lipinski definition) is 3. The number of unbranched alkanes of at least 4 members (excludes halogenated alkanes) is 1. The molecule has 0 aromatic heterocycles. The molecule has 0 aromatic rings. The van der Waals surface area contributed by atoms with Crippen molar-refractivity contribution in [1.29, 1.82) is 0 Å². The summed E-state index contributed by atoms with van der Waals surface area (Å²) in [6.45, 7) is 5.55. The van der Waals surface area contributed by atoms with Crippen molar-refractivity contribution >= 4 is 11.8 Å². The first-order valence-electron chi connectivity index (χ1n) is 5.05. The molecule has 0 saturated carbocycles. The lowest BCUT2D eigenvalue weighted by Crippen LogP contribution is -2.20. The topological polar surface area (TPSA) is 63.6 Å². The molecule has 4 nitrogen and oxygen atoms in total. The second kappa shape index (κ2) is 8.17. The number of aliphatic carboxylic acids is 1. The Morgan fingerprint density at radius 3 is 2.53 bits per heavy atom. The third-order valence-corrected chi connectivity index (χ3v) is 1.98. The highest BCUT2D eigenvalue weighted by Gasteiger charge is 2.12. The van der Waals surface area contributed by atoms with Gasteiger partial charge in [0.25, 0.3) is 0 Å². The minimum absolute atomic E-state index is 0.0160. The number of ketones is 1. The summed E-state index contributed by atoms with van der Waals surface area (Å²) in [4.78, 5) is 21.6. The van der Waals surface area contributed by atoms with Crippen molar-refractivity contribution in [3.63, 3.8) is 0 Å². The summed E-state index contributed by atoms with van der Waals surface area (Å²) in [6, 6.07) is 0. The third-order valence-electron chi connectivity index (χ3n) is 1.98. The normalized spacial score (nSPS) is 12.1. The van der Waals surface area contributed by atoms with Crippen LogP contribution in [0, 0.1) is 0 Å². The lowest BCUT2D eigenvalue weighted by atomic mass is 10.1. The highest BCUT2D eigenvalue weighted by Crippen LogP contribution is 2.04. The Morgan fingerprint density at radius 2 is 2.00 bits per heavy atom.